The molecule has 2 heterocycles. The Bertz CT molecular complexity index is 776. The highest BCUT2D eigenvalue weighted by molar-refractivity contribution is 6.00. The second kappa shape index (κ2) is 4.98. The van der Waals surface area contributed by atoms with Gasteiger partial charge in [0.1, 0.15) is 0 Å². The largest absolute Gasteiger partial charge is 0.476 e. The maximum absolute atomic E-state index is 12.4. The number of rotatable bonds is 3. The van der Waals surface area contributed by atoms with Crippen LogP contribution in [-0.4, -0.2) is 33.1 Å². The second-order valence-corrected chi connectivity index (χ2v) is 5.74. The molecule has 2 aromatic rings. The number of benzene rings is 1. The Morgan fingerprint density at radius 1 is 1.36 bits per heavy atom. The molecule has 0 unspecified atom stereocenters. The lowest BCUT2D eigenvalue weighted by molar-refractivity contribution is 0.0684. The number of hydrogen-bond donors (Lipinski definition) is 1. The summed E-state index contributed by atoms with van der Waals surface area (Å²) in [5, 5.41) is 12.4. The van der Waals surface area contributed by atoms with Gasteiger partial charge in [-0.1, -0.05) is 5.16 Å². The van der Waals surface area contributed by atoms with Crippen LogP contribution in [0.1, 0.15) is 45.8 Å². The van der Waals surface area contributed by atoms with Gasteiger partial charge < -0.3 is 14.5 Å². The van der Waals surface area contributed by atoms with Crippen molar-refractivity contribution in [2.24, 2.45) is 0 Å². The lowest BCUT2D eigenvalue weighted by atomic mass is 9.99. The van der Waals surface area contributed by atoms with Gasteiger partial charge in [-0.05, 0) is 44.0 Å². The third-order valence-corrected chi connectivity index (χ3v) is 3.87. The van der Waals surface area contributed by atoms with Crippen molar-refractivity contribution < 1.29 is 19.2 Å². The minimum absolute atomic E-state index is 0.0397. The van der Waals surface area contributed by atoms with Gasteiger partial charge in [0.05, 0.1) is 0 Å². The summed E-state index contributed by atoms with van der Waals surface area (Å²) in [4.78, 5) is 25.1. The van der Waals surface area contributed by atoms with Gasteiger partial charge in [0.2, 0.25) is 0 Å². The maximum atomic E-state index is 12.4. The number of amides is 1. The highest BCUT2D eigenvalue weighted by Crippen LogP contribution is 2.32. The highest BCUT2D eigenvalue weighted by atomic mass is 16.5. The monoisotopic (exact) mass is 300 g/mol. The molecule has 1 aromatic heterocycles. The van der Waals surface area contributed by atoms with Gasteiger partial charge in [-0.2, -0.15) is 0 Å². The molecule has 0 spiro atoms. The Hall–Kier alpha value is -2.63. The van der Waals surface area contributed by atoms with Gasteiger partial charge >= 0.3 is 5.97 Å². The summed E-state index contributed by atoms with van der Waals surface area (Å²) in [6.45, 7) is 6.39. The van der Waals surface area contributed by atoms with Crippen LogP contribution in [0.4, 0.5) is 0 Å². The van der Waals surface area contributed by atoms with Gasteiger partial charge in [0.15, 0.2) is 11.5 Å². The van der Waals surface area contributed by atoms with E-state index in [-0.39, 0.29) is 17.6 Å². The Morgan fingerprint density at radius 3 is 2.68 bits per heavy atom. The van der Waals surface area contributed by atoms with E-state index in [0.717, 1.165) is 22.3 Å². The lowest BCUT2D eigenvalue weighted by Gasteiger charge is -2.19. The molecule has 0 bridgehead atoms. The Balaban J connectivity index is 2.04. The van der Waals surface area contributed by atoms with Crippen LogP contribution >= 0.6 is 0 Å². The van der Waals surface area contributed by atoms with E-state index >= 15 is 0 Å². The van der Waals surface area contributed by atoms with Gasteiger partial charge in [0.25, 0.3) is 5.91 Å². The Labute approximate surface area is 127 Å². The van der Waals surface area contributed by atoms with E-state index in [2.05, 4.69) is 5.16 Å². The van der Waals surface area contributed by atoms with Crippen LogP contribution in [0.25, 0.3) is 11.3 Å². The summed E-state index contributed by atoms with van der Waals surface area (Å²) in [6.07, 6.45) is 0. The topological polar surface area (TPSA) is 83.6 Å². The van der Waals surface area contributed by atoms with Crippen molar-refractivity contribution in [2.45, 2.75) is 33.4 Å². The number of carboxylic acids is 1. The third-order valence-electron chi connectivity index (χ3n) is 3.87. The van der Waals surface area contributed by atoms with Crippen molar-refractivity contribution in [3.8, 4) is 11.3 Å². The fourth-order valence-corrected chi connectivity index (χ4v) is 2.76. The Kier molecular flexibility index (Phi) is 3.24. The number of hydrogen-bond acceptors (Lipinski definition) is 4. The highest BCUT2D eigenvalue weighted by Gasteiger charge is 2.31. The molecule has 3 rings (SSSR count). The first kappa shape index (κ1) is 14.3. The first-order valence-corrected chi connectivity index (χ1v) is 7.03. The molecular weight excluding hydrogens is 284 g/mol. The quantitative estimate of drug-likeness (QED) is 0.942. The summed E-state index contributed by atoms with van der Waals surface area (Å²) in [6, 6.07) is 5.22. The summed E-state index contributed by atoms with van der Waals surface area (Å²) in [7, 11) is 0. The molecule has 6 heteroatoms. The molecule has 114 valence electrons. The molecule has 0 saturated carbocycles. The normalized spacial score (nSPS) is 13.8. The number of nitrogens with zero attached hydrogens (tertiary/aromatic N) is 2. The molecule has 1 aromatic carbocycles. The first-order chi connectivity index (χ1) is 10.4. The predicted octanol–water partition coefficient (Wildman–Crippen LogP) is 2.71. The van der Waals surface area contributed by atoms with E-state index in [9.17, 15) is 9.59 Å². The van der Waals surface area contributed by atoms with Crippen molar-refractivity contribution in [1.29, 1.82) is 0 Å². The van der Waals surface area contributed by atoms with E-state index < -0.39 is 5.97 Å². The summed E-state index contributed by atoms with van der Waals surface area (Å²) < 4.78 is 5.10. The zero-order chi connectivity index (χ0) is 16.0. The Morgan fingerprint density at radius 2 is 2.09 bits per heavy atom. The van der Waals surface area contributed by atoms with Crippen molar-refractivity contribution in [1.82, 2.24) is 10.1 Å². The van der Waals surface area contributed by atoms with Crippen LogP contribution in [0.2, 0.25) is 0 Å². The standard InChI is InChI=1S/C16H16N2O4/c1-8(2)18-7-11-5-10(4-9(3)14(11)15(18)19)13-6-12(16(20)21)17-22-13/h4-6,8H,7H2,1-3H3,(H,20,21). The molecule has 1 N–H and O–H groups in total. The molecule has 6 nitrogen and oxygen atoms in total. The van der Waals surface area contributed by atoms with E-state index in [4.69, 9.17) is 9.63 Å². The number of aromatic nitrogens is 1. The summed E-state index contributed by atoms with van der Waals surface area (Å²) in [5.74, 6) is -0.703. The van der Waals surface area contributed by atoms with E-state index in [1.165, 1.54) is 6.07 Å². The fourth-order valence-electron chi connectivity index (χ4n) is 2.76. The van der Waals surface area contributed by atoms with Crippen LogP contribution < -0.4 is 0 Å². The maximum Gasteiger partial charge on any atom is 0.358 e. The third kappa shape index (κ3) is 2.16. The fraction of sp³-hybridized carbons (Fsp3) is 0.312. The average Bonchev–Trinajstić information content (AvgIpc) is 3.03. The van der Waals surface area contributed by atoms with Crippen molar-refractivity contribution in [2.75, 3.05) is 0 Å². The molecule has 1 aliphatic heterocycles. The first-order valence-electron chi connectivity index (χ1n) is 7.03. The van der Waals surface area contributed by atoms with Crippen molar-refractivity contribution in [3.05, 3.63) is 40.6 Å². The van der Waals surface area contributed by atoms with Gasteiger partial charge in [0, 0.05) is 29.8 Å². The predicted molar refractivity (Wildman–Crippen MR) is 78.6 cm³/mol. The smallest absolute Gasteiger partial charge is 0.358 e. The molecule has 0 aliphatic carbocycles. The summed E-state index contributed by atoms with van der Waals surface area (Å²) in [5.41, 5.74) is 3.12. The zero-order valence-electron chi connectivity index (χ0n) is 12.6. The molecule has 0 radical (unpaired) electrons. The number of carbonyl (C=O) groups excluding carboxylic acids is 1. The van der Waals surface area contributed by atoms with Crippen molar-refractivity contribution in [3.63, 3.8) is 0 Å². The van der Waals surface area contributed by atoms with Crippen LogP contribution in [0.5, 0.6) is 0 Å². The molecule has 22 heavy (non-hydrogen) atoms. The number of carboxylic acid groups (broad SMARTS) is 1. The van der Waals surface area contributed by atoms with Gasteiger partial charge in [-0.3, -0.25) is 4.79 Å². The number of aryl methyl sites for hydroxylation is 1. The number of fused-ring (bicyclic) bond motifs is 1. The lowest BCUT2D eigenvalue weighted by Crippen LogP contribution is -2.30. The minimum atomic E-state index is -1.13. The summed E-state index contributed by atoms with van der Waals surface area (Å²) >= 11 is 0. The van der Waals surface area contributed by atoms with Crippen LogP contribution in [0, 0.1) is 6.92 Å². The van der Waals surface area contributed by atoms with Crippen molar-refractivity contribution >= 4 is 11.9 Å². The molecule has 0 atom stereocenters. The molecule has 1 aliphatic rings. The SMILES string of the molecule is Cc1cc(-c2cc(C(=O)O)no2)cc2c1C(=O)N(C(C)C)C2. The molecule has 0 fully saturated rings. The molecule has 1 amide bonds. The average molecular weight is 300 g/mol. The van der Waals surface area contributed by atoms with Gasteiger partial charge in [-0.25, -0.2) is 4.79 Å². The molecule has 0 saturated heterocycles. The van der Waals surface area contributed by atoms with Gasteiger partial charge in [-0.15, -0.1) is 0 Å². The zero-order valence-corrected chi connectivity index (χ0v) is 12.6. The molecular formula is C16H16N2O4. The second-order valence-electron chi connectivity index (χ2n) is 5.74. The number of aromatic carboxylic acids is 1. The van der Waals surface area contributed by atoms with E-state index in [1.54, 1.807) is 0 Å². The van der Waals surface area contributed by atoms with Crippen LogP contribution in [-0.2, 0) is 6.54 Å². The van der Waals surface area contributed by atoms with Crippen LogP contribution in [0.15, 0.2) is 22.7 Å². The van der Waals surface area contributed by atoms with Crippen LogP contribution in [0.3, 0.4) is 0 Å². The minimum Gasteiger partial charge on any atom is -0.476 e. The number of carbonyl (C=O) groups is 2. The van der Waals surface area contributed by atoms with E-state index in [0.29, 0.717) is 12.3 Å². The van der Waals surface area contributed by atoms with E-state index in [1.807, 2.05) is 37.8 Å².